The number of nitrogens with zero attached hydrogens (tertiary/aromatic N) is 1. The van der Waals surface area contributed by atoms with Crippen molar-refractivity contribution in [1.29, 1.82) is 5.41 Å². The van der Waals surface area contributed by atoms with Gasteiger partial charge < -0.3 is 0 Å². The van der Waals surface area contributed by atoms with E-state index in [0.717, 1.165) is 18.4 Å². The van der Waals surface area contributed by atoms with Crippen LogP contribution in [-0.4, -0.2) is 17.9 Å². The van der Waals surface area contributed by atoms with E-state index in [-0.39, 0.29) is 0 Å². The fraction of sp³-hybridized carbons (Fsp3) is 0.188. The highest BCUT2D eigenvalue weighted by atomic mass is 15.6. The van der Waals surface area contributed by atoms with Gasteiger partial charge in [-0.1, -0.05) is 54.6 Å². The second kappa shape index (κ2) is 6.84. The van der Waals surface area contributed by atoms with E-state index in [2.05, 4.69) is 41.9 Å². The number of hydrogen-bond acceptors (Lipinski definition) is 3. The van der Waals surface area contributed by atoms with E-state index in [9.17, 15) is 0 Å². The molecule has 2 aromatic carbocycles. The topological polar surface area (TPSA) is 65.1 Å². The summed E-state index contributed by atoms with van der Waals surface area (Å²) in [4.78, 5) is 0. The van der Waals surface area contributed by atoms with Crippen LogP contribution < -0.4 is 11.4 Å². The van der Waals surface area contributed by atoms with Crippen LogP contribution in [0.25, 0.3) is 0 Å². The molecule has 20 heavy (non-hydrogen) atoms. The third-order valence-electron chi connectivity index (χ3n) is 3.30. The number of aryl methyl sites for hydroxylation is 2. The van der Waals surface area contributed by atoms with Crippen molar-refractivity contribution >= 4 is 5.84 Å². The summed E-state index contributed by atoms with van der Waals surface area (Å²) in [6, 6.07) is 18.5. The van der Waals surface area contributed by atoms with E-state index in [4.69, 9.17) is 11.3 Å². The molecule has 0 atom stereocenters. The van der Waals surface area contributed by atoms with Gasteiger partial charge in [-0.25, -0.2) is 0 Å². The number of hydrogen-bond donors (Lipinski definition) is 3. The normalized spacial score (nSPS) is 10.3. The smallest absolute Gasteiger partial charge is 0.143 e. The fourth-order valence-corrected chi connectivity index (χ4v) is 2.02. The van der Waals surface area contributed by atoms with E-state index >= 15 is 0 Å². The van der Waals surface area contributed by atoms with Crippen molar-refractivity contribution in [2.75, 3.05) is 7.05 Å². The van der Waals surface area contributed by atoms with E-state index < -0.39 is 0 Å². The molecule has 0 saturated carbocycles. The molecule has 104 valence electrons. The molecule has 0 aliphatic carbocycles. The van der Waals surface area contributed by atoms with Crippen molar-refractivity contribution in [1.82, 2.24) is 10.5 Å². The van der Waals surface area contributed by atoms with E-state index in [1.54, 1.807) is 7.05 Å². The molecule has 4 N–H and O–H groups in total. The Morgan fingerprint density at radius 2 is 1.55 bits per heavy atom. The van der Waals surface area contributed by atoms with E-state index in [0.29, 0.717) is 5.84 Å². The first-order chi connectivity index (χ1) is 9.70. The van der Waals surface area contributed by atoms with Crippen LogP contribution in [0.3, 0.4) is 0 Å². The maximum Gasteiger partial charge on any atom is 0.143 e. The zero-order chi connectivity index (χ0) is 14.4. The lowest BCUT2D eigenvalue weighted by molar-refractivity contribution is 0.375. The Morgan fingerprint density at radius 3 is 2.10 bits per heavy atom. The summed E-state index contributed by atoms with van der Waals surface area (Å²) in [5.41, 5.74) is 5.89. The number of nitrogens with one attached hydrogen (secondary N) is 2. The third kappa shape index (κ3) is 3.66. The predicted octanol–water partition coefficient (Wildman–Crippen LogP) is 2.11. The molecule has 0 spiro atoms. The van der Waals surface area contributed by atoms with Gasteiger partial charge in [0, 0.05) is 12.6 Å². The summed E-state index contributed by atoms with van der Waals surface area (Å²) in [5, 5.41) is 9.40. The van der Waals surface area contributed by atoms with Gasteiger partial charge in [0.05, 0.1) is 0 Å². The third-order valence-corrected chi connectivity index (χ3v) is 3.30. The van der Waals surface area contributed by atoms with Gasteiger partial charge in [0.25, 0.3) is 0 Å². The molecule has 4 nitrogen and oxygen atoms in total. The largest absolute Gasteiger partial charge is 0.283 e. The highest BCUT2D eigenvalue weighted by Crippen LogP contribution is 2.10. The fourth-order valence-electron chi connectivity index (χ4n) is 2.02. The second-order valence-corrected chi connectivity index (χ2v) is 4.72. The first-order valence-electron chi connectivity index (χ1n) is 6.62. The first-order valence-corrected chi connectivity index (χ1v) is 6.62. The highest BCUT2D eigenvalue weighted by molar-refractivity contribution is 5.95. The van der Waals surface area contributed by atoms with Crippen molar-refractivity contribution < 1.29 is 0 Å². The van der Waals surface area contributed by atoms with Crippen LogP contribution in [0.15, 0.2) is 54.6 Å². The molecule has 0 saturated heterocycles. The molecular weight excluding hydrogens is 248 g/mol. The average molecular weight is 268 g/mol. The Bertz CT molecular complexity index is 548. The van der Waals surface area contributed by atoms with Crippen LogP contribution in [0.2, 0.25) is 0 Å². The minimum absolute atomic E-state index is 0.349. The average Bonchev–Trinajstić information content (AvgIpc) is 2.53. The van der Waals surface area contributed by atoms with Crippen molar-refractivity contribution in [3.05, 3.63) is 71.3 Å². The predicted molar refractivity (Wildman–Crippen MR) is 82.2 cm³/mol. The van der Waals surface area contributed by atoms with Gasteiger partial charge >= 0.3 is 0 Å². The Kier molecular flexibility index (Phi) is 4.87. The summed E-state index contributed by atoms with van der Waals surface area (Å²) in [6.45, 7) is 0. The van der Waals surface area contributed by atoms with Gasteiger partial charge in [-0.3, -0.25) is 16.3 Å². The van der Waals surface area contributed by atoms with E-state index in [1.165, 1.54) is 16.1 Å². The van der Waals surface area contributed by atoms with Gasteiger partial charge in [0.1, 0.15) is 5.84 Å². The van der Waals surface area contributed by atoms with Gasteiger partial charge in [0.15, 0.2) is 0 Å². The van der Waals surface area contributed by atoms with Gasteiger partial charge in [-0.05, 0) is 24.0 Å². The van der Waals surface area contributed by atoms with E-state index in [1.807, 2.05) is 18.2 Å². The Morgan fingerprint density at radius 1 is 1.00 bits per heavy atom. The lowest BCUT2D eigenvalue weighted by atomic mass is 10.0. The summed E-state index contributed by atoms with van der Waals surface area (Å²) in [6.07, 6.45) is 2.03. The molecule has 2 rings (SSSR count). The van der Waals surface area contributed by atoms with Gasteiger partial charge in [0.2, 0.25) is 0 Å². The van der Waals surface area contributed by atoms with Gasteiger partial charge in [-0.2, -0.15) is 5.53 Å². The maximum atomic E-state index is 7.93. The van der Waals surface area contributed by atoms with Crippen LogP contribution in [-0.2, 0) is 12.8 Å². The lowest BCUT2D eigenvalue weighted by Crippen LogP contribution is -2.43. The molecule has 4 heteroatoms. The van der Waals surface area contributed by atoms with Crippen LogP contribution in [0, 0.1) is 5.41 Å². The number of hydrazine groups is 2. The van der Waals surface area contributed by atoms with Crippen molar-refractivity contribution in [3.63, 3.8) is 0 Å². The second-order valence-electron chi connectivity index (χ2n) is 4.72. The summed E-state index contributed by atoms with van der Waals surface area (Å²) in [7, 11) is 1.71. The minimum atomic E-state index is 0.349. The van der Waals surface area contributed by atoms with Crippen LogP contribution in [0.1, 0.15) is 16.7 Å². The first kappa shape index (κ1) is 14.2. The molecule has 0 aromatic heterocycles. The number of rotatable bonds is 5. The lowest BCUT2D eigenvalue weighted by Gasteiger charge is -2.17. The SMILES string of the molecule is CN(NN)C(=N)c1ccc(CCc2ccccc2)cc1. The summed E-state index contributed by atoms with van der Waals surface area (Å²) in [5.74, 6) is 5.64. The maximum absolute atomic E-state index is 7.93. The number of benzene rings is 2. The van der Waals surface area contributed by atoms with Crippen molar-refractivity contribution in [2.45, 2.75) is 12.8 Å². The Balaban J connectivity index is 1.96. The Labute approximate surface area is 119 Å². The molecule has 2 aromatic rings. The summed E-state index contributed by atoms with van der Waals surface area (Å²) < 4.78 is 0. The molecule has 0 unspecified atom stereocenters. The highest BCUT2D eigenvalue weighted by Gasteiger charge is 2.05. The minimum Gasteiger partial charge on any atom is -0.283 e. The molecule has 0 aliphatic heterocycles. The number of nitrogens with two attached hydrogens (primary N) is 1. The molecule has 0 heterocycles. The molecule has 0 bridgehead atoms. The number of amidine groups is 1. The molecule has 0 aliphatic rings. The van der Waals surface area contributed by atoms with Crippen LogP contribution in [0.4, 0.5) is 0 Å². The monoisotopic (exact) mass is 268 g/mol. The molecular formula is C16H20N4. The van der Waals surface area contributed by atoms with Crippen LogP contribution >= 0.6 is 0 Å². The molecule has 0 fully saturated rings. The zero-order valence-corrected chi connectivity index (χ0v) is 11.6. The summed E-state index contributed by atoms with van der Waals surface area (Å²) >= 11 is 0. The van der Waals surface area contributed by atoms with Crippen molar-refractivity contribution in [2.24, 2.45) is 5.84 Å². The Hall–Kier alpha value is -2.17. The van der Waals surface area contributed by atoms with Crippen LogP contribution in [0.5, 0.6) is 0 Å². The van der Waals surface area contributed by atoms with Crippen molar-refractivity contribution in [3.8, 4) is 0 Å². The zero-order valence-electron chi connectivity index (χ0n) is 11.6. The molecule has 0 amide bonds. The molecule has 0 radical (unpaired) electrons. The quantitative estimate of drug-likeness (QED) is 0.337. The standard InChI is InChI=1S/C16H20N4/c1-20(19-18)16(17)15-11-9-14(10-12-15)8-7-13-5-3-2-4-6-13/h2-6,9-12,17,19H,7-8,18H2,1H3. The van der Waals surface area contributed by atoms with Gasteiger partial charge in [-0.15, -0.1) is 0 Å².